The van der Waals surface area contributed by atoms with Crippen molar-refractivity contribution in [1.29, 1.82) is 5.26 Å². The first-order chi connectivity index (χ1) is 7.19. The molecule has 0 saturated carbocycles. The summed E-state index contributed by atoms with van der Waals surface area (Å²) in [6, 6.07) is 6.21. The first kappa shape index (κ1) is 11.3. The summed E-state index contributed by atoms with van der Waals surface area (Å²) in [6.45, 7) is 4.34. The highest BCUT2D eigenvalue weighted by atomic mass is 19.1. The minimum Gasteiger partial charge on any atom is -0.373 e. The van der Waals surface area contributed by atoms with Gasteiger partial charge in [-0.25, -0.2) is 4.39 Å². The third-order valence-electron chi connectivity index (χ3n) is 2.16. The molecule has 0 fully saturated rings. The van der Waals surface area contributed by atoms with Crippen molar-refractivity contribution >= 4 is 5.69 Å². The second-order valence-electron chi connectivity index (χ2n) is 3.27. The third-order valence-corrected chi connectivity index (χ3v) is 2.16. The lowest BCUT2D eigenvalue weighted by Crippen LogP contribution is -2.19. The molecule has 0 bridgehead atoms. The molecule has 0 heterocycles. The molecular formula is C12H13FN2. The van der Waals surface area contributed by atoms with Crippen LogP contribution in [0.25, 0.3) is 0 Å². The highest BCUT2D eigenvalue weighted by Gasteiger charge is 2.07. The number of hydrogen-bond acceptors (Lipinski definition) is 2. The number of nitrogens with zero attached hydrogens (tertiary/aromatic N) is 2. The molecule has 0 aromatic heterocycles. The molecule has 0 atom stereocenters. The zero-order valence-corrected chi connectivity index (χ0v) is 8.70. The van der Waals surface area contributed by atoms with E-state index in [-0.39, 0.29) is 5.82 Å². The van der Waals surface area contributed by atoms with E-state index >= 15 is 0 Å². The summed E-state index contributed by atoms with van der Waals surface area (Å²) in [4.78, 5) is 1.85. The second kappa shape index (κ2) is 5.16. The maximum absolute atomic E-state index is 13.0. The predicted octanol–water partition coefficient (Wildman–Crippen LogP) is 2.71. The van der Waals surface area contributed by atoms with Crippen molar-refractivity contribution in [2.75, 3.05) is 18.5 Å². The number of hydrogen-bond donors (Lipinski definition) is 0. The number of anilines is 1. The van der Waals surface area contributed by atoms with Crippen LogP contribution in [-0.4, -0.2) is 13.6 Å². The zero-order valence-electron chi connectivity index (χ0n) is 8.70. The fraction of sp³-hybridized carbons (Fsp3) is 0.250. The van der Waals surface area contributed by atoms with Gasteiger partial charge in [0.1, 0.15) is 11.9 Å². The van der Waals surface area contributed by atoms with Gasteiger partial charge in [0, 0.05) is 13.6 Å². The van der Waals surface area contributed by atoms with Gasteiger partial charge in [0.15, 0.2) is 0 Å². The number of nitriles is 1. The van der Waals surface area contributed by atoms with Gasteiger partial charge >= 0.3 is 0 Å². The summed E-state index contributed by atoms with van der Waals surface area (Å²) in [5.74, 6) is -0.325. The molecule has 0 amide bonds. The minimum absolute atomic E-state index is 0.325. The van der Waals surface area contributed by atoms with E-state index < -0.39 is 0 Å². The van der Waals surface area contributed by atoms with Crippen LogP contribution >= 0.6 is 0 Å². The molecular weight excluding hydrogens is 191 g/mol. The van der Waals surface area contributed by atoms with Crippen molar-refractivity contribution < 1.29 is 4.39 Å². The van der Waals surface area contributed by atoms with Crippen molar-refractivity contribution in [3.63, 3.8) is 0 Å². The van der Waals surface area contributed by atoms with E-state index in [1.165, 1.54) is 18.2 Å². The Hall–Kier alpha value is -1.82. The van der Waals surface area contributed by atoms with Crippen LogP contribution in [0, 0.1) is 17.1 Å². The van der Waals surface area contributed by atoms with Crippen molar-refractivity contribution in [2.45, 2.75) is 6.42 Å². The predicted molar refractivity (Wildman–Crippen MR) is 59.2 cm³/mol. The average Bonchev–Trinajstić information content (AvgIpc) is 2.25. The fourth-order valence-electron chi connectivity index (χ4n) is 1.32. The van der Waals surface area contributed by atoms with Crippen LogP contribution in [-0.2, 0) is 0 Å². The topological polar surface area (TPSA) is 27.0 Å². The highest BCUT2D eigenvalue weighted by molar-refractivity contribution is 5.58. The van der Waals surface area contributed by atoms with Crippen LogP contribution in [0.2, 0.25) is 0 Å². The molecule has 0 radical (unpaired) electrons. The van der Waals surface area contributed by atoms with Crippen LogP contribution in [0.4, 0.5) is 10.1 Å². The Balaban J connectivity index is 2.95. The molecule has 0 saturated heterocycles. The quantitative estimate of drug-likeness (QED) is 0.705. The van der Waals surface area contributed by atoms with Gasteiger partial charge in [0.05, 0.1) is 11.3 Å². The van der Waals surface area contributed by atoms with Gasteiger partial charge < -0.3 is 4.90 Å². The molecule has 15 heavy (non-hydrogen) atoms. The van der Waals surface area contributed by atoms with E-state index in [1.807, 2.05) is 18.0 Å². The minimum atomic E-state index is -0.325. The molecule has 0 unspecified atom stereocenters. The van der Waals surface area contributed by atoms with Gasteiger partial charge in [-0.3, -0.25) is 0 Å². The van der Waals surface area contributed by atoms with E-state index in [9.17, 15) is 4.39 Å². The molecule has 78 valence electrons. The maximum Gasteiger partial charge on any atom is 0.125 e. The number of rotatable bonds is 4. The normalized spacial score (nSPS) is 9.40. The van der Waals surface area contributed by atoms with Gasteiger partial charge in [0.25, 0.3) is 0 Å². The van der Waals surface area contributed by atoms with Crippen LogP contribution in [0.5, 0.6) is 0 Å². The summed E-state index contributed by atoms with van der Waals surface area (Å²) < 4.78 is 13.0. The van der Waals surface area contributed by atoms with E-state index in [0.29, 0.717) is 11.3 Å². The molecule has 2 nitrogen and oxygen atoms in total. The lowest BCUT2D eigenvalue weighted by atomic mass is 10.1. The standard InChI is InChI=1S/C12H13FN2/c1-3-4-7-15(2)12-8-11(13)6-5-10(12)9-14/h3,5-6,8H,1,4,7H2,2H3. The maximum atomic E-state index is 13.0. The molecule has 1 rings (SSSR count). The third kappa shape index (κ3) is 2.81. The van der Waals surface area contributed by atoms with Crippen molar-refractivity contribution in [3.8, 4) is 6.07 Å². The van der Waals surface area contributed by atoms with E-state index in [0.717, 1.165) is 13.0 Å². The lowest BCUT2D eigenvalue weighted by molar-refractivity contribution is 0.627. The Kier molecular flexibility index (Phi) is 3.87. The summed E-state index contributed by atoms with van der Waals surface area (Å²) in [7, 11) is 1.83. The monoisotopic (exact) mass is 204 g/mol. The van der Waals surface area contributed by atoms with Gasteiger partial charge in [-0.15, -0.1) is 6.58 Å². The zero-order chi connectivity index (χ0) is 11.3. The van der Waals surface area contributed by atoms with Gasteiger partial charge in [-0.1, -0.05) is 6.08 Å². The van der Waals surface area contributed by atoms with Gasteiger partial charge in [0.2, 0.25) is 0 Å². The van der Waals surface area contributed by atoms with E-state index in [2.05, 4.69) is 6.58 Å². The molecule has 0 aliphatic rings. The van der Waals surface area contributed by atoms with Crippen molar-refractivity contribution in [1.82, 2.24) is 0 Å². The summed E-state index contributed by atoms with van der Waals surface area (Å²) >= 11 is 0. The summed E-state index contributed by atoms with van der Waals surface area (Å²) in [5.41, 5.74) is 1.11. The number of halogens is 1. The van der Waals surface area contributed by atoms with Crippen molar-refractivity contribution in [2.24, 2.45) is 0 Å². The van der Waals surface area contributed by atoms with Crippen LogP contribution in [0.1, 0.15) is 12.0 Å². The first-order valence-electron chi connectivity index (χ1n) is 4.70. The molecule has 0 aliphatic carbocycles. The van der Waals surface area contributed by atoms with E-state index in [1.54, 1.807) is 6.08 Å². The molecule has 0 spiro atoms. The smallest absolute Gasteiger partial charge is 0.125 e. The molecule has 0 aliphatic heterocycles. The largest absolute Gasteiger partial charge is 0.373 e. The Bertz CT molecular complexity index is 393. The molecule has 1 aromatic carbocycles. The number of benzene rings is 1. The second-order valence-corrected chi connectivity index (χ2v) is 3.27. The summed E-state index contributed by atoms with van der Waals surface area (Å²) in [5, 5.41) is 8.86. The van der Waals surface area contributed by atoms with Gasteiger partial charge in [-0.05, 0) is 24.6 Å². The van der Waals surface area contributed by atoms with Crippen LogP contribution in [0.3, 0.4) is 0 Å². The van der Waals surface area contributed by atoms with E-state index in [4.69, 9.17) is 5.26 Å². The van der Waals surface area contributed by atoms with Gasteiger partial charge in [-0.2, -0.15) is 5.26 Å². The molecule has 0 N–H and O–H groups in total. The van der Waals surface area contributed by atoms with Crippen LogP contribution < -0.4 is 4.90 Å². The Morgan fingerprint density at radius 1 is 1.60 bits per heavy atom. The molecule has 3 heteroatoms. The fourth-order valence-corrected chi connectivity index (χ4v) is 1.32. The Labute approximate surface area is 89.2 Å². The lowest BCUT2D eigenvalue weighted by Gasteiger charge is -2.19. The van der Waals surface area contributed by atoms with Crippen LogP contribution in [0.15, 0.2) is 30.9 Å². The SMILES string of the molecule is C=CCCN(C)c1cc(F)ccc1C#N. The first-order valence-corrected chi connectivity index (χ1v) is 4.70. The molecule has 1 aromatic rings. The average molecular weight is 204 g/mol. The Morgan fingerprint density at radius 3 is 2.93 bits per heavy atom. The highest BCUT2D eigenvalue weighted by Crippen LogP contribution is 2.20. The Morgan fingerprint density at radius 2 is 2.33 bits per heavy atom. The van der Waals surface area contributed by atoms with Crippen molar-refractivity contribution in [3.05, 3.63) is 42.2 Å². The summed E-state index contributed by atoms with van der Waals surface area (Å²) in [6.07, 6.45) is 2.60.